The van der Waals surface area contributed by atoms with E-state index in [-0.39, 0.29) is 0 Å². The van der Waals surface area contributed by atoms with E-state index in [1.807, 2.05) is 0 Å². The van der Waals surface area contributed by atoms with Crippen molar-refractivity contribution in [2.75, 3.05) is 19.7 Å². The van der Waals surface area contributed by atoms with Crippen molar-refractivity contribution in [2.45, 2.75) is 40.2 Å². The minimum Gasteiger partial charge on any atom is -0.374 e. The number of hydrogen-bond acceptors (Lipinski definition) is 2. The van der Waals surface area contributed by atoms with Crippen LogP contribution in [0.3, 0.4) is 0 Å². The van der Waals surface area contributed by atoms with E-state index in [1.165, 1.54) is 5.57 Å². The van der Waals surface area contributed by atoms with Crippen LogP contribution in [-0.2, 0) is 4.74 Å². The Morgan fingerprint density at radius 1 is 1.46 bits per heavy atom. The summed E-state index contributed by atoms with van der Waals surface area (Å²) in [5.41, 5.74) is 1.33. The van der Waals surface area contributed by atoms with Gasteiger partial charge in [-0.1, -0.05) is 18.6 Å². The number of ether oxygens (including phenoxy) is 1. The molecule has 0 bridgehead atoms. The van der Waals surface area contributed by atoms with Crippen LogP contribution < -0.4 is 5.32 Å². The van der Waals surface area contributed by atoms with E-state index >= 15 is 0 Å². The maximum atomic E-state index is 5.47. The predicted molar refractivity (Wildman–Crippen MR) is 58.0 cm³/mol. The largest absolute Gasteiger partial charge is 0.374 e. The van der Waals surface area contributed by atoms with Gasteiger partial charge in [0.15, 0.2) is 0 Å². The van der Waals surface area contributed by atoms with Gasteiger partial charge in [-0.05, 0) is 40.3 Å². The number of rotatable bonds is 7. The second-order valence-electron chi connectivity index (χ2n) is 3.55. The fourth-order valence-electron chi connectivity index (χ4n) is 0.954. The topological polar surface area (TPSA) is 21.3 Å². The fraction of sp³-hybridized carbons (Fsp3) is 0.818. The van der Waals surface area contributed by atoms with Crippen molar-refractivity contribution in [2.24, 2.45) is 0 Å². The first kappa shape index (κ1) is 12.7. The average Bonchev–Trinajstić information content (AvgIpc) is 2.09. The Morgan fingerprint density at radius 2 is 2.15 bits per heavy atom. The molecular formula is C11H23NO. The van der Waals surface area contributed by atoms with Crippen LogP contribution in [0.5, 0.6) is 0 Å². The number of nitrogens with one attached hydrogen (secondary N) is 1. The summed E-state index contributed by atoms with van der Waals surface area (Å²) in [6.45, 7) is 11.2. The zero-order valence-corrected chi connectivity index (χ0v) is 9.39. The molecule has 0 radical (unpaired) electrons. The zero-order valence-electron chi connectivity index (χ0n) is 9.39. The van der Waals surface area contributed by atoms with E-state index in [2.05, 4.69) is 39.1 Å². The van der Waals surface area contributed by atoms with Crippen molar-refractivity contribution in [1.82, 2.24) is 5.32 Å². The first-order valence-electron chi connectivity index (χ1n) is 5.14. The lowest BCUT2D eigenvalue weighted by atomic mass is 10.2. The zero-order chi connectivity index (χ0) is 10.1. The summed E-state index contributed by atoms with van der Waals surface area (Å²) in [4.78, 5) is 0. The molecule has 2 heteroatoms. The van der Waals surface area contributed by atoms with Gasteiger partial charge < -0.3 is 10.1 Å². The van der Waals surface area contributed by atoms with Gasteiger partial charge in [0, 0.05) is 0 Å². The summed E-state index contributed by atoms with van der Waals surface area (Å²) >= 11 is 0. The highest BCUT2D eigenvalue weighted by Crippen LogP contribution is 1.98. The molecule has 0 rings (SSSR count). The molecule has 0 unspecified atom stereocenters. The third-order valence-electron chi connectivity index (χ3n) is 1.71. The van der Waals surface area contributed by atoms with Gasteiger partial charge in [0.25, 0.3) is 0 Å². The standard InChI is InChI=1S/C11H23NO/c1-5-12-8-6-7-11(4)9-13-10(2)3/h7,10,12H,5-6,8-9H2,1-4H3. The van der Waals surface area contributed by atoms with Crippen molar-refractivity contribution in [3.63, 3.8) is 0 Å². The third-order valence-corrected chi connectivity index (χ3v) is 1.71. The van der Waals surface area contributed by atoms with Crippen molar-refractivity contribution in [3.05, 3.63) is 11.6 Å². The molecular weight excluding hydrogens is 162 g/mol. The second kappa shape index (κ2) is 8.27. The molecule has 0 aliphatic heterocycles. The highest BCUT2D eigenvalue weighted by Gasteiger charge is 1.93. The van der Waals surface area contributed by atoms with Crippen LogP contribution in [0, 0.1) is 0 Å². The summed E-state index contributed by atoms with van der Waals surface area (Å²) in [6.07, 6.45) is 3.67. The molecule has 1 N–H and O–H groups in total. The van der Waals surface area contributed by atoms with Crippen LogP contribution in [0.25, 0.3) is 0 Å². The summed E-state index contributed by atoms with van der Waals surface area (Å²) in [6, 6.07) is 0. The normalized spacial score (nSPS) is 12.5. The van der Waals surface area contributed by atoms with E-state index in [9.17, 15) is 0 Å². The SMILES string of the molecule is CCNCCC=C(C)COC(C)C. The summed E-state index contributed by atoms with van der Waals surface area (Å²) in [5.74, 6) is 0. The van der Waals surface area contributed by atoms with Gasteiger partial charge in [-0.3, -0.25) is 0 Å². The van der Waals surface area contributed by atoms with Crippen LogP contribution >= 0.6 is 0 Å². The van der Waals surface area contributed by atoms with Gasteiger partial charge >= 0.3 is 0 Å². The van der Waals surface area contributed by atoms with Crippen molar-refractivity contribution in [1.29, 1.82) is 0 Å². The van der Waals surface area contributed by atoms with Gasteiger partial charge in [0.05, 0.1) is 12.7 Å². The molecule has 0 fully saturated rings. The Morgan fingerprint density at radius 3 is 2.69 bits per heavy atom. The summed E-state index contributed by atoms with van der Waals surface area (Å²) < 4.78 is 5.47. The van der Waals surface area contributed by atoms with Gasteiger partial charge in [-0.15, -0.1) is 0 Å². The van der Waals surface area contributed by atoms with Crippen molar-refractivity contribution in [3.8, 4) is 0 Å². The molecule has 0 heterocycles. The van der Waals surface area contributed by atoms with Crippen LogP contribution in [0.4, 0.5) is 0 Å². The first-order valence-corrected chi connectivity index (χ1v) is 5.14. The smallest absolute Gasteiger partial charge is 0.0677 e. The number of hydrogen-bond donors (Lipinski definition) is 1. The quantitative estimate of drug-likeness (QED) is 0.485. The second-order valence-corrected chi connectivity index (χ2v) is 3.55. The van der Waals surface area contributed by atoms with E-state index in [0.29, 0.717) is 6.10 Å². The molecule has 0 aromatic carbocycles. The lowest BCUT2D eigenvalue weighted by Crippen LogP contribution is -2.13. The lowest BCUT2D eigenvalue weighted by Gasteiger charge is -2.07. The lowest BCUT2D eigenvalue weighted by molar-refractivity contribution is 0.0972. The Kier molecular flexibility index (Phi) is 8.05. The molecule has 0 amide bonds. The third kappa shape index (κ3) is 9.57. The highest BCUT2D eigenvalue weighted by molar-refractivity contribution is 4.98. The molecule has 2 nitrogen and oxygen atoms in total. The minimum atomic E-state index is 0.331. The maximum Gasteiger partial charge on any atom is 0.0677 e. The van der Waals surface area contributed by atoms with Gasteiger partial charge in [-0.2, -0.15) is 0 Å². The Labute approximate surface area is 82.4 Å². The summed E-state index contributed by atoms with van der Waals surface area (Å²) in [5, 5.41) is 3.28. The average molecular weight is 185 g/mol. The highest BCUT2D eigenvalue weighted by atomic mass is 16.5. The van der Waals surface area contributed by atoms with Crippen molar-refractivity contribution >= 4 is 0 Å². The molecule has 0 spiro atoms. The fourth-order valence-corrected chi connectivity index (χ4v) is 0.954. The molecule has 0 atom stereocenters. The molecule has 13 heavy (non-hydrogen) atoms. The molecule has 78 valence electrons. The van der Waals surface area contributed by atoms with E-state index in [1.54, 1.807) is 0 Å². The summed E-state index contributed by atoms with van der Waals surface area (Å²) in [7, 11) is 0. The van der Waals surface area contributed by atoms with Gasteiger partial charge in [-0.25, -0.2) is 0 Å². The van der Waals surface area contributed by atoms with Crippen molar-refractivity contribution < 1.29 is 4.74 Å². The Bertz CT molecular complexity index is 141. The van der Waals surface area contributed by atoms with E-state index in [4.69, 9.17) is 4.74 Å². The molecule has 0 aromatic heterocycles. The molecule has 0 aromatic rings. The predicted octanol–water partition coefficient (Wildman–Crippen LogP) is 2.36. The molecule has 0 aliphatic carbocycles. The van der Waals surface area contributed by atoms with Crippen LogP contribution in [-0.4, -0.2) is 25.8 Å². The van der Waals surface area contributed by atoms with Crippen LogP contribution in [0.1, 0.15) is 34.1 Å². The molecule has 0 saturated heterocycles. The van der Waals surface area contributed by atoms with E-state index in [0.717, 1.165) is 26.1 Å². The van der Waals surface area contributed by atoms with Crippen LogP contribution in [0.2, 0.25) is 0 Å². The van der Waals surface area contributed by atoms with Gasteiger partial charge in [0.1, 0.15) is 0 Å². The Balaban J connectivity index is 3.40. The monoisotopic (exact) mass is 185 g/mol. The van der Waals surface area contributed by atoms with Gasteiger partial charge in [0.2, 0.25) is 0 Å². The Hall–Kier alpha value is -0.340. The van der Waals surface area contributed by atoms with Crippen LogP contribution in [0.15, 0.2) is 11.6 Å². The molecule has 0 saturated carbocycles. The maximum absolute atomic E-state index is 5.47. The first-order chi connectivity index (χ1) is 6.16. The minimum absolute atomic E-state index is 0.331. The van der Waals surface area contributed by atoms with E-state index < -0.39 is 0 Å². The molecule has 0 aliphatic rings.